The molecule has 2 aromatic rings. The highest BCUT2D eigenvalue weighted by Crippen LogP contribution is 2.51. The van der Waals surface area contributed by atoms with Crippen LogP contribution in [0.25, 0.3) is 10.9 Å². The zero-order valence-corrected chi connectivity index (χ0v) is 16.6. The smallest absolute Gasteiger partial charge is 0.135 e. The zero-order chi connectivity index (χ0) is 18.9. The summed E-state index contributed by atoms with van der Waals surface area (Å²) in [6.07, 6.45) is 2.07. The van der Waals surface area contributed by atoms with Crippen LogP contribution in [0.1, 0.15) is 30.6 Å². The summed E-state index contributed by atoms with van der Waals surface area (Å²) >= 11 is 0. The number of nitrogens with zero attached hydrogens (tertiary/aromatic N) is 2. The van der Waals surface area contributed by atoms with Crippen molar-refractivity contribution in [2.45, 2.75) is 31.8 Å². The minimum Gasteiger partial charge on any atom is -0.497 e. The number of ether oxygens (including phenoxy) is 2. The predicted molar refractivity (Wildman–Crippen MR) is 104 cm³/mol. The number of carbonyl (C=O) groups is 1. The van der Waals surface area contributed by atoms with E-state index >= 15 is 0 Å². The van der Waals surface area contributed by atoms with E-state index in [-0.39, 0.29) is 11.7 Å². The summed E-state index contributed by atoms with van der Waals surface area (Å²) < 4.78 is 13.7. The summed E-state index contributed by atoms with van der Waals surface area (Å²) in [5.41, 5.74) is 4.14. The average molecular weight is 368 g/mol. The molecule has 0 amide bonds. The number of ketones is 1. The lowest BCUT2D eigenvalue weighted by Crippen LogP contribution is -2.58. The normalized spacial score (nSPS) is 32.8. The van der Waals surface area contributed by atoms with Crippen LogP contribution >= 0.6 is 0 Å². The molecule has 0 N–H and O–H groups in total. The maximum absolute atomic E-state index is 12.3. The van der Waals surface area contributed by atoms with Gasteiger partial charge in [0.2, 0.25) is 0 Å². The van der Waals surface area contributed by atoms with Gasteiger partial charge in [0.05, 0.1) is 31.9 Å². The van der Waals surface area contributed by atoms with Crippen molar-refractivity contribution in [3.05, 3.63) is 29.5 Å². The van der Waals surface area contributed by atoms with Crippen LogP contribution in [-0.4, -0.2) is 48.7 Å². The van der Waals surface area contributed by atoms with Gasteiger partial charge < -0.3 is 14.0 Å². The molecule has 2 saturated heterocycles. The minimum absolute atomic E-state index is 0.0544. The second-order valence-corrected chi connectivity index (χ2v) is 8.58. The van der Waals surface area contributed by atoms with Crippen molar-refractivity contribution in [2.75, 3.05) is 27.4 Å². The molecule has 0 unspecified atom stereocenters. The number of rotatable bonds is 2. The molecule has 0 radical (unpaired) electrons. The standard InChI is InChI=1S/C22H28N2O3/c1-12(25)17-10-27-11-18-15(17)8-21-22-16(9-20(18)23(21)2)14-6-5-13(26-4)7-19(14)24(22)3/h5-7,15,17-18,20-21H,8-11H2,1-4H3/t15-,17-,18+,20-,21-/m0/s1. The lowest BCUT2D eigenvalue weighted by molar-refractivity contribution is -0.142. The second-order valence-electron chi connectivity index (χ2n) is 8.58. The van der Waals surface area contributed by atoms with Gasteiger partial charge in [-0.2, -0.15) is 0 Å². The Hall–Kier alpha value is -1.85. The number of hydrogen-bond donors (Lipinski definition) is 0. The first kappa shape index (κ1) is 17.3. The van der Waals surface area contributed by atoms with Crippen LogP contribution in [0, 0.1) is 17.8 Å². The number of aryl methyl sites for hydroxylation is 1. The fraction of sp³-hybridized carbons (Fsp3) is 0.591. The van der Waals surface area contributed by atoms with E-state index in [1.807, 2.05) is 0 Å². The Bertz CT molecular complexity index is 918. The number of piperidine rings is 1. The third kappa shape index (κ3) is 2.34. The minimum atomic E-state index is 0.0544. The molecule has 2 bridgehead atoms. The molecule has 0 saturated carbocycles. The van der Waals surface area contributed by atoms with Gasteiger partial charge in [-0.25, -0.2) is 0 Å². The Kier molecular flexibility index (Phi) is 3.89. The van der Waals surface area contributed by atoms with Crippen molar-refractivity contribution in [3.63, 3.8) is 0 Å². The van der Waals surface area contributed by atoms with E-state index in [0.29, 0.717) is 30.5 Å². The van der Waals surface area contributed by atoms with Gasteiger partial charge in [-0.1, -0.05) is 0 Å². The maximum Gasteiger partial charge on any atom is 0.135 e. The monoisotopic (exact) mass is 368 g/mol. The zero-order valence-electron chi connectivity index (χ0n) is 16.6. The fourth-order valence-electron chi connectivity index (χ4n) is 6.08. The maximum atomic E-state index is 12.3. The molecule has 5 heteroatoms. The fourth-order valence-corrected chi connectivity index (χ4v) is 6.08. The number of aromatic nitrogens is 1. The first-order valence-electron chi connectivity index (χ1n) is 9.96. The molecule has 5 rings (SSSR count). The number of likely N-dealkylation sites (N-methyl/N-ethyl adjacent to an activating group) is 1. The first-order chi connectivity index (χ1) is 13.0. The third-order valence-corrected chi connectivity index (χ3v) is 7.49. The summed E-state index contributed by atoms with van der Waals surface area (Å²) in [6.45, 7) is 3.11. The summed E-state index contributed by atoms with van der Waals surface area (Å²) in [6, 6.07) is 7.22. The van der Waals surface area contributed by atoms with Crippen LogP contribution in [0.15, 0.2) is 18.2 Å². The lowest BCUT2D eigenvalue weighted by atomic mass is 9.65. The molecule has 0 spiro atoms. The van der Waals surface area contributed by atoms with Crippen LogP contribution in [0.3, 0.4) is 0 Å². The van der Waals surface area contributed by atoms with Gasteiger partial charge in [0, 0.05) is 42.1 Å². The van der Waals surface area contributed by atoms with Gasteiger partial charge in [-0.05, 0) is 50.4 Å². The molecular formula is C22H28N2O3. The van der Waals surface area contributed by atoms with Crippen LogP contribution < -0.4 is 4.74 Å². The second kappa shape index (κ2) is 6.08. The van der Waals surface area contributed by atoms with E-state index in [1.54, 1.807) is 14.0 Å². The summed E-state index contributed by atoms with van der Waals surface area (Å²) in [4.78, 5) is 14.8. The van der Waals surface area contributed by atoms with Crippen molar-refractivity contribution in [3.8, 4) is 5.75 Å². The Morgan fingerprint density at radius 2 is 2.04 bits per heavy atom. The number of methoxy groups -OCH3 is 1. The molecule has 3 aliphatic heterocycles. The van der Waals surface area contributed by atoms with Crippen LogP contribution in [0.2, 0.25) is 0 Å². The number of benzene rings is 1. The molecule has 1 aromatic carbocycles. The van der Waals surface area contributed by atoms with Crippen molar-refractivity contribution in [2.24, 2.45) is 24.8 Å². The molecule has 5 nitrogen and oxygen atoms in total. The molecular weight excluding hydrogens is 340 g/mol. The molecule has 4 heterocycles. The first-order valence-corrected chi connectivity index (χ1v) is 9.96. The van der Waals surface area contributed by atoms with E-state index in [0.717, 1.165) is 25.2 Å². The summed E-state index contributed by atoms with van der Waals surface area (Å²) in [5, 5.41) is 1.34. The van der Waals surface area contributed by atoms with Gasteiger partial charge in [0.25, 0.3) is 0 Å². The molecule has 0 aliphatic carbocycles. The topological polar surface area (TPSA) is 43.7 Å². The molecule has 2 fully saturated rings. The van der Waals surface area contributed by atoms with Crippen molar-refractivity contribution in [1.29, 1.82) is 0 Å². The van der Waals surface area contributed by atoms with E-state index in [4.69, 9.17) is 9.47 Å². The third-order valence-electron chi connectivity index (χ3n) is 7.49. The largest absolute Gasteiger partial charge is 0.497 e. The Morgan fingerprint density at radius 1 is 1.22 bits per heavy atom. The molecule has 5 atom stereocenters. The highest BCUT2D eigenvalue weighted by atomic mass is 16.5. The molecule has 144 valence electrons. The van der Waals surface area contributed by atoms with Gasteiger partial charge in [-0.15, -0.1) is 0 Å². The summed E-state index contributed by atoms with van der Waals surface area (Å²) in [5.74, 6) is 2.11. The van der Waals surface area contributed by atoms with Crippen LogP contribution in [0.5, 0.6) is 5.75 Å². The summed E-state index contributed by atoms with van der Waals surface area (Å²) in [7, 11) is 6.15. The number of carbonyl (C=O) groups excluding carboxylic acids is 1. The lowest BCUT2D eigenvalue weighted by Gasteiger charge is -2.54. The van der Waals surface area contributed by atoms with Crippen LogP contribution in [-0.2, 0) is 23.0 Å². The Labute approximate surface area is 160 Å². The van der Waals surface area contributed by atoms with Gasteiger partial charge in [0.15, 0.2) is 0 Å². The number of fused-ring (bicyclic) bond motifs is 8. The SMILES string of the molecule is COc1ccc2c3c(n(C)c2c1)[C@@H]1C[C@@H]2[C@@H](COC[C@H]2C(C)=O)[C@H](C3)N1C. The van der Waals surface area contributed by atoms with E-state index < -0.39 is 0 Å². The van der Waals surface area contributed by atoms with Crippen LogP contribution in [0.4, 0.5) is 0 Å². The average Bonchev–Trinajstić information content (AvgIpc) is 2.93. The Balaban J connectivity index is 1.65. The predicted octanol–water partition coefficient (Wildman–Crippen LogP) is 2.96. The van der Waals surface area contributed by atoms with Gasteiger partial charge in [0.1, 0.15) is 11.5 Å². The quantitative estimate of drug-likeness (QED) is 0.817. The van der Waals surface area contributed by atoms with Crippen molar-refractivity contribution < 1.29 is 14.3 Å². The van der Waals surface area contributed by atoms with E-state index in [9.17, 15) is 4.79 Å². The molecule has 27 heavy (non-hydrogen) atoms. The highest BCUT2D eigenvalue weighted by Gasteiger charge is 2.51. The Morgan fingerprint density at radius 3 is 2.78 bits per heavy atom. The van der Waals surface area contributed by atoms with E-state index in [1.165, 1.54) is 22.2 Å². The van der Waals surface area contributed by atoms with Crippen molar-refractivity contribution in [1.82, 2.24) is 9.47 Å². The van der Waals surface area contributed by atoms with Gasteiger partial charge in [-0.3, -0.25) is 9.69 Å². The van der Waals surface area contributed by atoms with Crippen molar-refractivity contribution >= 4 is 16.7 Å². The number of Topliss-reactive ketones (excluding diaryl/α,β-unsaturated/α-hetero) is 1. The molecule has 3 aliphatic rings. The van der Waals surface area contributed by atoms with E-state index in [2.05, 4.69) is 41.8 Å². The van der Waals surface area contributed by atoms with Gasteiger partial charge >= 0.3 is 0 Å². The number of hydrogen-bond acceptors (Lipinski definition) is 4. The molecule has 1 aromatic heterocycles. The highest BCUT2D eigenvalue weighted by molar-refractivity contribution is 5.87.